The van der Waals surface area contributed by atoms with Gasteiger partial charge in [0.25, 0.3) is 0 Å². The van der Waals surface area contributed by atoms with E-state index < -0.39 is 9.84 Å². The van der Waals surface area contributed by atoms with Crippen LogP contribution >= 0.6 is 23.7 Å². The lowest BCUT2D eigenvalue weighted by Gasteiger charge is -2.21. The number of fused-ring (bicyclic) bond motifs is 1. The van der Waals surface area contributed by atoms with Crippen LogP contribution in [0, 0.1) is 13.8 Å². The highest BCUT2D eigenvalue weighted by atomic mass is 35.5. The lowest BCUT2D eigenvalue weighted by atomic mass is 10.1. The van der Waals surface area contributed by atoms with Crippen molar-refractivity contribution >= 4 is 54.8 Å². The molecule has 9 heteroatoms. The minimum atomic E-state index is -3.51. The Morgan fingerprint density at radius 1 is 1.06 bits per heavy atom. The van der Waals surface area contributed by atoms with E-state index in [1.54, 1.807) is 35.2 Å². The minimum absolute atomic E-state index is 0. The Labute approximate surface area is 200 Å². The van der Waals surface area contributed by atoms with E-state index in [9.17, 15) is 13.2 Å². The van der Waals surface area contributed by atoms with Gasteiger partial charge in [0.2, 0.25) is 5.91 Å². The number of hydrogen-bond donors (Lipinski definition) is 0. The van der Waals surface area contributed by atoms with Crippen molar-refractivity contribution in [3.8, 4) is 0 Å². The van der Waals surface area contributed by atoms with Crippen molar-refractivity contribution in [3.63, 3.8) is 0 Å². The summed E-state index contributed by atoms with van der Waals surface area (Å²) in [6, 6.07) is 12.4. The molecule has 0 spiro atoms. The van der Waals surface area contributed by atoms with Gasteiger partial charge in [0.15, 0.2) is 15.0 Å². The summed E-state index contributed by atoms with van der Waals surface area (Å²) in [6.45, 7) is 5.40. The van der Waals surface area contributed by atoms with E-state index in [1.807, 2.05) is 34.0 Å². The highest BCUT2D eigenvalue weighted by Crippen LogP contribution is 2.32. The zero-order valence-electron chi connectivity index (χ0n) is 18.9. The maximum atomic E-state index is 13.1. The lowest BCUT2D eigenvalue weighted by molar-refractivity contribution is -0.118. The van der Waals surface area contributed by atoms with Gasteiger partial charge in [-0.05, 0) is 70.2 Å². The van der Waals surface area contributed by atoms with Crippen molar-refractivity contribution in [1.82, 2.24) is 9.88 Å². The zero-order chi connectivity index (χ0) is 22.6. The van der Waals surface area contributed by atoms with E-state index in [2.05, 4.69) is 11.0 Å². The van der Waals surface area contributed by atoms with Gasteiger partial charge in [-0.1, -0.05) is 35.6 Å². The smallest absolute Gasteiger partial charge is 0.229 e. The molecule has 0 aliphatic rings. The summed E-state index contributed by atoms with van der Waals surface area (Å²) in [5.41, 5.74) is 3.13. The lowest BCUT2D eigenvalue weighted by Crippen LogP contribution is -2.34. The molecule has 174 valence electrons. The van der Waals surface area contributed by atoms with E-state index in [1.165, 1.54) is 11.3 Å². The maximum absolute atomic E-state index is 13.1. The summed E-state index contributed by atoms with van der Waals surface area (Å²) >= 11 is 1.49. The molecule has 32 heavy (non-hydrogen) atoms. The van der Waals surface area contributed by atoms with Crippen LogP contribution in [0.2, 0.25) is 0 Å². The van der Waals surface area contributed by atoms with Crippen LogP contribution in [0.4, 0.5) is 5.13 Å². The first-order valence-corrected chi connectivity index (χ1v) is 12.7. The van der Waals surface area contributed by atoms with Crippen molar-refractivity contribution in [2.24, 2.45) is 0 Å². The predicted molar refractivity (Wildman–Crippen MR) is 135 cm³/mol. The molecule has 0 atom stereocenters. The number of aromatic nitrogens is 1. The number of carbonyl (C=O) groups is 1. The second-order valence-corrected chi connectivity index (χ2v) is 11.1. The Balaban J connectivity index is 0.00000363. The summed E-state index contributed by atoms with van der Waals surface area (Å²) in [7, 11) is 0.462. The average Bonchev–Trinajstić information content (AvgIpc) is 3.14. The van der Waals surface area contributed by atoms with E-state index in [-0.39, 0.29) is 35.4 Å². The number of aryl methyl sites for hydroxylation is 2. The van der Waals surface area contributed by atoms with Gasteiger partial charge in [0, 0.05) is 13.0 Å². The SMILES string of the molecule is Cc1cc(C)c2sc(N(CCCN(C)C)C(=O)CCS(=O)(=O)c3ccccc3)nc2c1.Cl. The van der Waals surface area contributed by atoms with Crippen LogP contribution in [0.5, 0.6) is 0 Å². The van der Waals surface area contributed by atoms with Crippen molar-refractivity contribution in [3.05, 3.63) is 53.6 Å². The molecule has 1 amide bonds. The third-order valence-electron chi connectivity index (χ3n) is 5.01. The number of benzene rings is 2. The number of hydrogen-bond acceptors (Lipinski definition) is 6. The molecule has 0 saturated heterocycles. The quantitative estimate of drug-likeness (QED) is 0.437. The van der Waals surface area contributed by atoms with Gasteiger partial charge in [-0.25, -0.2) is 13.4 Å². The average molecular weight is 496 g/mol. The van der Waals surface area contributed by atoms with E-state index in [0.29, 0.717) is 11.7 Å². The van der Waals surface area contributed by atoms with Crippen LogP contribution in [-0.2, 0) is 14.6 Å². The first-order chi connectivity index (χ1) is 14.7. The molecule has 0 N–H and O–H groups in total. The van der Waals surface area contributed by atoms with Crippen LogP contribution in [0.3, 0.4) is 0 Å². The van der Waals surface area contributed by atoms with Crippen molar-refractivity contribution in [1.29, 1.82) is 0 Å². The number of carbonyl (C=O) groups excluding carboxylic acids is 1. The van der Waals surface area contributed by atoms with Gasteiger partial charge in [0.1, 0.15) is 0 Å². The minimum Gasteiger partial charge on any atom is -0.309 e. The third kappa shape index (κ3) is 6.51. The molecule has 0 bridgehead atoms. The first-order valence-electron chi connectivity index (χ1n) is 10.3. The molecule has 0 aliphatic heterocycles. The Morgan fingerprint density at radius 2 is 1.75 bits per heavy atom. The number of rotatable bonds is 9. The monoisotopic (exact) mass is 495 g/mol. The molecule has 2 aromatic carbocycles. The summed E-state index contributed by atoms with van der Waals surface area (Å²) in [6.07, 6.45) is 0.700. The molecule has 1 aromatic heterocycles. The molecule has 0 aliphatic carbocycles. The van der Waals surface area contributed by atoms with Crippen LogP contribution in [0.1, 0.15) is 24.0 Å². The summed E-state index contributed by atoms with van der Waals surface area (Å²) < 4.78 is 26.3. The fourth-order valence-corrected chi connectivity index (χ4v) is 5.76. The van der Waals surface area contributed by atoms with Crippen LogP contribution in [0.25, 0.3) is 10.2 Å². The number of thiazole rings is 1. The van der Waals surface area contributed by atoms with Gasteiger partial charge in [-0.15, -0.1) is 12.4 Å². The molecule has 3 aromatic rings. The van der Waals surface area contributed by atoms with Crippen LogP contribution < -0.4 is 4.90 Å². The van der Waals surface area contributed by atoms with E-state index in [0.717, 1.165) is 34.3 Å². The summed E-state index contributed by atoms with van der Waals surface area (Å²) in [4.78, 5) is 21.8. The first kappa shape index (κ1) is 26.3. The highest BCUT2D eigenvalue weighted by molar-refractivity contribution is 7.91. The standard InChI is InChI=1S/C23H29N3O3S2.ClH/c1-17-15-18(2)22-20(16-17)24-23(30-22)26(13-8-12-25(3)4)21(27)11-14-31(28,29)19-9-6-5-7-10-19;/h5-7,9-10,15-16H,8,11-14H2,1-4H3;1H. The third-order valence-corrected chi connectivity index (χ3v) is 7.98. The predicted octanol–water partition coefficient (Wildman–Crippen LogP) is 4.48. The highest BCUT2D eigenvalue weighted by Gasteiger charge is 2.23. The normalized spacial score (nSPS) is 11.5. The number of anilines is 1. The number of nitrogens with zero attached hydrogens (tertiary/aromatic N) is 3. The topological polar surface area (TPSA) is 70.6 Å². The van der Waals surface area contributed by atoms with Crippen molar-refractivity contribution < 1.29 is 13.2 Å². The molecular formula is C23H30ClN3O3S2. The van der Waals surface area contributed by atoms with Crippen molar-refractivity contribution in [2.45, 2.75) is 31.6 Å². The zero-order valence-corrected chi connectivity index (χ0v) is 21.3. The second-order valence-electron chi connectivity index (χ2n) is 8.01. The molecule has 1 heterocycles. The molecule has 6 nitrogen and oxygen atoms in total. The van der Waals surface area contributed by atoms with Gasteiger partial charge < -0.3 is 4.90 Å². The van der Waals surface area contributed by atoms with Gasteiger partial charge in [0.05, 0.1) is 20.9 Å². The molecular weight excluding hydrogens is 466 g/mol. The van der Waals surface area contributed by atoms with Crippen LogP contribution in [0.15, 0.2) is 47.4 Å². The molecule has 0 saturated carbocycles. The Bertz CT molecular complexity index is 1160. The number of halogens is 1. The Hall–Kier alpha value is -2.00. The molecule has 3 rings (SSSR count). The number of sulfone groups is 1. The molecule has 0 unspecified atom stereocenters. The van der Waals surface area contributed by atoms with E-state index in [4.69, 9.17) is 4.98 Å². The number of amides is 1. The van der Waals surface area contributed by atoms with Gasteiger partial charge in [-0.2, -0.15) is 0 Å². The fraction of sp³-hybridized carbons (Fsp3) is 0.391. The largest absolute Gasteiger partial charge is 0.309 e. The fourth-order valence-electron chi connectivity index (χ4n) is 3.45. The maximum Gasteiger partial charge on any atom is 0.229 e. The second kappa shape index (κ2) is 11.2. The summed E-state index contributed by atoms with van der Waals surface area (Å²) in [5.74, 6) is -0.435. The van der Waals surface area contributed by atoms with Crippen LogP contribution in [-0.4, -0.2) is 57.1 Å². The van der Waals surface area contributed by atoms with Gasteiger partial charge >= 0.3 is 0 Å². The molecule has 0 fully saturated rings. The summed E-state index contributed by atoms with van der Waals surface area (Å²) in [5, 5.41) is 0.629. The van der Waals surface area contributed by atoms with E-state index >= 15 is 0 Å². The van der Waals surface area contributed by atoms with Crippen molar-refractivity contribution in [2.75, 3.05) is 37.8 Å². The Kier molecular flexibility index (Phi) is 9.21. The molecule has 0 radical (unpaired) electrons. The van der Waals surface area contributed by atoms with Gasteiger partial charge in [-0.3, -0.25) is 9.69 Å². The Morgan fingerprint density at radius 3 is 2.41 bits per heavy atom.